The first-order valence-corrected chi connectivity index (χ1v) is 22.4. The van der Waals surface area contributed by atoms with Crippen LogP contribution in [0, 0.1) is 0 Å². The molecule has 1 aliphatic carbocycles. The lowest BCUT2D eigenvalue weighted by Gasteiger charge is -2.34. The Morgan fingerprint density at radius 1 is 0.475 bits per heavy atom. The number of hydrogen-bond donors (Lipinski definition) is 0. The zero-order valence-electron chi connectivity index (χ0n) is 33.0. The number of aromatic nitrogens is 3. The van der Waals surface area contributed by atoms with Gasteiger partial charge in [-0.05, 0) is 67.3 Å². The second kappa shape index (κ2) is 13.8. The van der Waals surface area contributed by atoms with Crippen LogP contribution in [0.15, 0.2) is 212 Å². The molecule has 0 radical (unpaired) electrons. The van der Waals surface area contributed by atoms with Gasteiger partial charge in [-0.2, -0.15) is 0 Å². The minimum Gasteiger partial charge on any atom is -0.309 e. The molecule has 11 rings (SSSR count). The summed E-state index contributed by atoms with van der Waals surface area (Å²) in [7, 11) is -2.71. The SMILES string of the molecule is CC1(C)c2ccccc2-c2ccc3c4ccccc4n(-c4cccc(-c5nccc(-c6cccc([Si](c7ccccc7)(c7ccccc7)c7ccccc7)c6)n5)c4)c3c21. The third-order valence-electron chi connectivity index (χ3n) is 12.6. The van der Waals surface area contributed by atoms with E-state index in [-0.39, 0.29) is 5.41 Å². The minimum absolute atomic E-state index is 0.164. The van der Waals surface area contributed by atoms with E-state index in [1.165, 1.54) is 64.8 Å². The van der Waals surface area contributed by atoms with E-state index in [4.69, 9.17) is 9.97 Å². The highest BCUT2D eigenvalue weighted by Gasteiger charge is 2.42. The normalized spacial score (nSPS) is 13.1. The fourth-order valence-corrected chi connectivity index (χ4v) is 14.8. The summed E-state index contributed by atoms with van der Waals surface area (Å²) < 4.78 is 2.47. The Bertz CT molecular complexity index is 3090. The van der Waals surface area contributed by atoms with E-state index >= 15 is 0 Å². The van der Waals surface area contributed by atoms with Crippen LogP contribution in [0.4, 0.5) is 0 Å². The molecule has 8 aromatic carbocycles. The maximum Gasteiger partial charge on any atom is 0.179 e. The van der Waals surface area contributed by atoms with Crippen molar-refractivity contribution in [3.63, 3.8) is 0 Å². The summed E-state index contributed by atoms with van der Waals surface area (Å²) in [5.41, 5.74) is 11.7. The summed E-state index contributed by atoms with van der Waals surface area (Å²) in [6, 6.07) is 75.4. The van der Waals surface area contributed by atoms with E-state index in [0.717, 1.165) is 22.5 Å². The molecule has 0 amide bonds. The summed E-state index contributed by atoms with van der Waals surface area (Å²) in [4.78, 5) is 10.2. The molecule has 2 heterocycles. The second-order valence-electron chi connectivity index (χ2n) is 16.2. The summed E-state index contributed by atoms with van der Waals surface area (Å²) in [6.45, 7) is 4.74. The van der Waals surface area contributed by atoms with Gasteiger partial charge in [-0.3, -0.25) is 0 Å². The number of para-hydroxylation sites is 1. The molecule has 0 saturated heterocycles. The molecular weight excluding hydrogens is 731 g/mol. The van der Waals surface area contributed by atoms with Crippen molar-refractivity contribution in [2.24, 2.45) is 0 Å². The Morgan fingerprint density at radius 2 is 1.08 bits per heavy atom. The molecule has 4 heteroatoms. The van der Waals surface area contributed by atoms with Crippen molar-refractivity contribution in [3.8, 4) is 39.5 Å². The monoisotopic (exact) mass is 771 g/mol. The number of hydrogen-bond acceptors (Lipinski definition) is 2. The Morgan fingerprint density at radius 3 is 1.81 bits per heavy atom. The molecule has 0 bridgehead atoms. The van der Waals surface area contributed by atoms with Crippen LogP contribution in [0.25, 0.3) is 61.3 Å². The van der Waals surface area contributed by atoms with Crippen molar-refractivity contribution in [1.29, 1.82) is 0 Å². The number of benzene rings is 8. The van der Waals surface area contributed by atoms with Gasteiger partial charge in [-0.1, -0.05) is 196 Å². The lowest BCUT2D eigenvalue weighted by Crippen LogP contribution is -2.74. The first-order valence-electron chi connectivity index (χ1n) is 20.4. The number of rotatable bonds is 7. The van der Waals surface area contributed by atoms with Gasteiger partial charge in [0.05, 0.1) is 16.7 Å². The van der Waals surface area contributed by atoms with E-state index in [1.54, 1.807) is 0 Å². The van der Waals surface area contributed by atoms with Crippen LogP contribution in [-0.2, 0) is 5.41 Å². The lowest BCUT2D eigenvalue weighted by atomic mass is 9.81. The molecule has 0 N–H and O–H groups in total. The zero-order valence-corrected chi connectivity index (χ0v) is 34.0. The maximum absolute atomic E-state index is 5.30. The number of fused-ring (bicyclic) bond motifs is 7. The second-order valence-corrected chi connectivity index (χ2v) is 20.0. The fraction of sp³-hybridized carbons (Fsp3) is 0.0545. The summed E-state index contributed by atoms with van der Waals surface area (Å²) in [6.07, 6.45) is 1.90. The molecule has 10 aromatic rings. The smallest absolute Gasteiger partial charge is 0.179 e. The van der Waals surface area contributed by atoms with Crippen molar-refractivity contribution in [2.75, 3.05) is 0 Å². The number of nitrogens with zero attached hydrogens (tertiary/aromatic N) is 3. The molecule has 1 aliphatic rings. The fourth-order valence-electron chi connectivity index (χ4n) is 10.00. The summed E-state index contributed by atoms with van der Waals surface area (Å²) in [5.74, 6) is 0.700. The quantitative estimate of drug-likeness (QED) is 0.119. The van der Waals surface area contributed by atoms with E-state index in [9.17, 15) is 0 Å². The molecule has 0 atom stereocenters. The van der Waals surface area contributed by atoms with E-state index in [2.05, 4.69) is 219 Å². The van der Waals surface area contributed by atoms with Gasteiger partial charge in [-0.15, -0.1) is 0 Å². The van der Waals surface area contributed by atoms with Gasteiger partial charge in [0.15, 0.2) is 13.9 Å². The third-order valence-corrected chi connectivity index (χ3v) is 17.4. The van der Waals surface area contributed by atoms with Crippen LogP contribution in [-0.4, -0.2) is 22.6 Å². The zero-order chi connectivity index (χ0) is 39.6. The molecule has 0 unspecified atom stereocenters. The van der Waals surface area contributed by atoms with Crippen molar-refractivity contribution >= 4 is 50.6 Å². The van der Waals surface area contributed by atoms with Gasteiger partial charge in [0, 0.05) is 39.2 Å². The maximum atomic E-state index is 5.30. The summed E-state index contributed by atoms with van der Waals surface area (Å²) in [5, 5.41) is 7.87. The standard InChI is InChI=1S/C55H41N3Si/c1-55(2)49-30-14-12-28-45(49)47-32-33-48-46-29-13-15-31-51(46)58(53(48)52(47)55)40-20-16-19-39(36-40)54-56-35-34-50(57-54)38-18-17-27-44(37-38)59(41-21-6-3-7-22-41,42-23-8-4-9-24-42)43-25-10-5-11-26-43/h3-37H,1-2H3. The van der Waals surface area contributed by atoms with Crippen LogP contribution >= 0.6 is 0 Å². The molecule has 59 heavy (non-hydrogen) atoms. The molecule has 280 valence electrons. The third kappa shape index (κ3) is 5.41. The van der Waals surface area contributed by atoms with Gasteiger partial charge in [-0.25, -0.2) is 9.97 Å². The molecule has 3 nitrogen and oxygen atoms in total. The first kappa shape index (κ1) is 35.1. The molecule has 0 aliphatic heterocycles. The Kier molecular flexibility index (Phi) is 8.17. The van der Waals surface area contributed by atoms with E-state index in [1.807, 2.05) is 12.3 Å². The van der Waals surface area contributed by atoms with Gasteiger partial charge in [0.2, 0.25) is 0 Å². The highest BCUT2D eigenvalue weighted by Crippen LogP contribution is 2.52. The predicted molar refractivity (Wildman–Crippen MR) is 248 cm³/mol. The van der Waals surface area contributed by atoms with Crippen molar-refractivity contribution in [3.05, 3.63) is 224 Å². The van der Waals surface area contributed by atoms with E-state index < -0.39 is 8.07 Å². The predicted octanol–water partition coefficient (Wildman–Crippen LogP) is 10.6. The topological polar surface area (TPSA) is 30.7 Å². The van der Waals surface area contributed by atoms with Crippen LogP contribution in [0.3, 0.4) is 0 Å². The average molecular weight is 772 g/mol. The largest absolute Gasteiger partial charge is 0.309 e. The molecule has 0 fully saturated rings. The summed E-state index contributed by atoms with van der Waals surface area (Å²) >= 11 is 0. The van der Waals surface area contributed by atoms with E-state index in [0.29, 0.717) is 5.82 Å². The first-order chi connectivity index (χ1) is 29.0. The van der Waals surface area contributed by atoms with Gasteiger partial charge >= 0.3 is 0 Å². The molecule has 2 aromatic heterocycles. The van der Waals surface area contributed by atoms with Crippen LogP contribution in [0.1, 0.15) is 25.0 Å². The van der Waals surface area contributed by atoms with Crippen LogP contribution < -0.4 is 20.7 Å². The highest BCUT2D eigenvalue weighted by atomic mass is 28.3. The Labute approximate surface area is 346 Å². The Balaban J connectivity index is 1.06. The van der Waals surface area contributed by atoms with Crippen molar-refractivity contribution in [1.82, 2.24) is 14.5 Å². The van der Waals surface area contributed by atoms with Gasteiger partial charge < -0.3 is 4.57 Å². The van der Waals surface area contributed by atoms with Crippen LogP contribution in [0.2, 0.25) is 0 Å². The molecule has 0 saturated carbocycles. The van der Waals surface area contributed by atoms with Crippen molar-refractivity contribution < 1.29 is 0 Å². The van der Waals surface area contributed by atoms with Crippen molar-refractivity contribution in [2.45, 2.75) is 19.3 Å². The van der Waals surface area contributed by atoms with Gasteiger partial charge in [0.25, 0.3) is 0 Å². The van der Waals surface area contributed by atoms with Crippen LogP contribution in [0.5, 0.6) is 0 Å². The highest BCUT2D eigenvalue weighted by molar-refractivity contribution is 7.19. The average Bonchev–Trinajstić information content (AvgIpc) is 3.76. The minimum atomic E-state index is -2.71. The lowest BCUT2D eigenvalue weighted by molar-refractivity contribution is 0.664. The van der Waals surface area contributed by atoms with Gasteiger partial charge in [0.1, 0.15) is 0 Å². The molecular formula is C55H41N3Si. The molecule has 0 spiro atoms. The Hall–Kier alpha value is -7.14.